The van der Waals surface area contributed by atoms with Crippen LogP contribution in [0, 0.1) is 5.41 Å². The van der Waals surface area contributed by atoms with Gasteiger partial charge in [-0.2, -0.15) is 0 Å². The van der Waals surface area contributed by atoms with Crippen LogP contribution in [0.25, 0.3) is 0 Å². The van der Waals surface area contributed by atoms with Gasteiger partial charge in [-0.25, -0.2) is 4.98 Å². The van der Waals surface area contributed by atoms with E-state index in [0.29, 0.717) is 17.8 Å². The monoisotopic (exact) mass is 278 g/mol. The van der Waals surface area contributed by atoms with E-state index in [1.54, 1.807) is 6.20 Å². The van der Waals surface area contributed by atoms with Gasteiger partial charge in [0.25, 0.3) is 0 Å². The number of hydrogen-bond donors (Lipinski definition) is 0. The van der Waals surface area contributed by atoms with E-state index in [0.717, 1.165) is 32.2 Å². The molecule has 0 aromatic carbocycles. The van der Waals surface area contributed by atoms with Gasteiger partial charge in [-0.05, 0) is 44.9 Å². The maximum absolute atomic E-state index is 13.0. The molecule has 1 aromatic rings. The van der Waals surface area contributed by atoms with Gasteiger partial charge in [-0.15, -0.1) is 0 Å². The first-order valence-electron chi connectivity index (χ1n) is 7.64. The number of hydrogen-bond acceptors (Lipinski definition) is 3. The van der Waals surface area contributed by atoms with Gasteiger partial charge >= 0.3 is 0 Å². The predicted molar refractivity (Wildman–Crippen MR) is 78.8 cm³/mol. The highest BCUT2D eigenvalue weighted by atomic mass is 16.5. The second-order valence-electron chi connectivity index (χ2n) is 6.46. The molecule has 112 valence electrons. The molecule has 1 saturated carbocycles. The fourth-order valence-electron chi connectivity index (χ4n) is 3.02. The lowest BCUT2D eigenvalue weighted by Gasteiger charge is -2.41. The van der Waals surface area contributed by atoms with Crippen molar-refractivity contribution in [2.75, 3.05) is 6.61 Å². The number of imidazole rings is 1. The summed E-state index contributed by atoms with van der Waals surface area (Å²) in [5, 5.41) is 0. The molecule has 0 aliphatic heterocycles. The fourth-order valence-corrected chi connectivity index (χ4v) is 3.02. The molecular formula is C16H26N2O2. The molecule has 0 amide bonds. The summed E-state index contributed by atoms with van der Waals surface area (Å²) in [4.78, 5) is 17.2. The van der Waals surface area contributed by atoms with Crippen LogP contribution >= 0.6 is 0 Å². The Morgan fingerprint density at radius 1 is 1.30 bits per heavy atom. The molecule has 0 spiro atoms. The zero-order valence-corrected chi connectivity index (χ0v) is 13.1. The van der Waals surface area contributed by atoms with Crippen molar-refractivity contribution in [2.24, 2.45) is 5.41 Å². The molecule has 0 saturated heterocycles. The summed E-state index contributed by atoms with van der Waals surface area (Å²) in [7, 11) is 0. The molecule has 0 bridgehead atoms. The highest BCUT2D eigenvalue weighted by Gasteiger charge is 2.46. The van der Waals surface area contributed by atoms with Gasteiger partial charge in [0.2, 0.25) is 5.78 Å². The zero-order chi connectivity index (χ0) is 14.8. The second-order valence-corrected chi connectivity index (χ2v) is 6.46. The largest absolute Gasteiger partial charge is 0.367 e. The van der Waals surface area contributed by atoms with Gasteiger partial charge in [-0.3, -0.25) is 4.79 Å². The minimum absolute atomic E-state index is 0.0571. The Bertz CT molecular complexity index is 467. The second kappa shape index (κ2) is 5.68. The summed E-state index contributed by atoms with van der Waals surface area (Å²) in [6, 6.07) is 0. The van der Waals surface area contributed by atoms with Gasteiger partial charge in [0.1, 0.15) is 5.60 Å². The molecular weight excluding hydrogens is 252 g/mol. The van der Waals surface area contributed by atoms with Crippen LogP contribution < -0.4 is 0 Å². The van der Waals surface area contributed by atoms with Crippen LogP contribution in [0.15, 0.2) is 12.4 Å². The van der Waals surface area contributed by atoms with Gasteiger partial charge in [0.05, 0.1) is 0 Å². The summed E-state index contributed by atoms with van der Waals surface area (Å²) >= 11 is 0. The van der Waals surface area contributed by atoms with E-state index < -0.39 is 5.60 Å². The Kier molecular flexibility index (Phi) is 4.33. The lowest BCUT2D eigenvalue weighted by molar-refractivity contribution is -0.0588. The Labute approximate surface area is 121 Å². The van der Waals surface area contributed by atoms with Gasteiger partial charge < -0.3 is 9.30 Å². The van der Waals surface area contributed by atoms with Crippen LogP contribution in [0.4, 0.5) is 0 Å². The first-order chi connectivity index (χ1) is 9.44. The molecule has 4 nitrogen and oxygen atoms in total. The van der Waals surface area contributed by atoms with Crippen molar-refractivity contribution in [3.63, 3.8) is 0 Å². The van der Waals surface area contributed by atoms with Crippen LogP contribution in [0.2, 0.25) is 0 Å². The maximum atomic E-state index is 13.0. The molecule has 0 atom stereocenters. The van der Waals surface area contributed by atoms with E-state index in [9.17, 15) is 4.79 Å². The first kappa shape index (κ1) is 15.2. The normalized spacial score (nSPS) is 20.8. The Hall–Kier alpha value is -1.16. The van der Waals surface area contributed by atoms with Crippen LogP contribution in [0.5, 0.6) is 0 Å². The third-order valence-corrected chi connectivity index (χ3v) is 4.50. The Morgan fingerprint density at radius 2 is 1.95 bits per heavy atom. The van der Waals surface area contributed by atoms with E-state index in [4.69, 9.17) is 4.74 Å². The van der Waals surface area contributed by atoms with E-state index in [2.05, 4.69) is 18.8 Å². The molecule has 1 aliphatic carbocycles. The quantitative estimate of drug-likeness (QED) is 0.775. The number of rotatable bonds is 5. The van der Waals surface area contributed by atoms with Gasteiger partial charge in [-0.1, -0.05) is 13.8 Å². The molecule has 0 radical (unpaired) electrons. The number of nitrogens with zero attached hydrogens (tertiary/aromatic N) is 2. The number of ether oxygens (including phenoxy) is 1. The summed E-state index contributed by atoms with van der Waals surface area (Å²) in [5.74, 6) is 0.599. The Morgan fingerprint density at radius 3 is 2.50 bits per heavy atom. The molecule has 20 heavy (non-hydrogen) atoms. The number of aromatic nitrogens is 2. The highest BCUT2D eigenvalue weighted by Crippen LogP contribution is 2.43. The van der Waals surface area contributed by atoms with Crippen molar-refractivity contribution >= 4 is 5.78 Å². The number of aryl methyl sites for hydroxylation is 1. The standard InChI is InChI=1S/C16H26N2O2/c1-5-18-12-11-17-14(18)13(19)16(20-6-2)9-7-15(3,4)8-10-16/h11-12H,5-10H2,1-4H3. The third-order valence-electron chi connectivity index (χ3n) is 4.50. The van der Waals surface area contributed by atoms with Crippen LogP contribution in [0.1, 0.15) is 64.0 Å². The van der Waals surface area contributed by atoms with Crippen LogP contribution in [-0.4, -0.2) is 27.5 Å². The van der Waals surface area contributed by atoms with Gasteiger partial charge in [0.15, 0.2) is 5.82 Å². The summed E-state index contributed by atoms with van der Waals surface area (Å²) in [6.07, 6.45) is 7.19. The topological polar surface area (TPSA) is 44.1 Å². The SMILES string of the molecule is CCOC1(C(=O)c2nccn2CC)CCC(C)(C)CC1. The van der Waals surface area contributed by atoms with Gasteiger partial charge in [0, 0.05) is 25.5 Å². The predicted octanol–water partition coefficient (Wildman–Crippen LogP) is 3.46. The van der Waals surface area contributed by atoms with Crippen molar-refractivity contribution in [1.82, 2.24) is 9.55 Å². The molecule has 0 N–H and O–H groups in total. The molecule has 0 unspecified atom stereocenters. The number of ketones is 1. The van der Waals surface area contributed by atoms with E-state index in [1.807, 2.05) is 24.6 Å². The number of Topliss-reactive ketones (excluding diaryl/α,β-unsaturated/α-hetero) is 1. The minimum atomic E-state index is -0.664. The lowest BCUT2D eigenvalue weighted by atomic mass is 9.69. The van der Waals surface area contributed by atoms with Crippen LogP contribution in [-0.2, 0) is 11.3 Å². The molecule has 1 fully saturated rings. The molecule has 1 aliphatic rings. The van der Waals surface area contributed by atoms with E-state index >= 15 is 0 Å². The molecule has 1 heterocycles. The maximum Gasteiger partial charge on any atom is 0.229 e. The summed E-state index contributed by atoms with van der Waals surface area (Å²) in [5.41, 5.74) is -0.358. The fraction of sp³-hybridized carbons (Fsp3) is 0.750. The number of carbonyl (C=O) groups excluding carboxylic acids is 1. The lowest BCUT2D eigenvalue weighted by Crippen LogP contribution is -2.47. The Balaban J connectivity index is 2.27. The van der Waals surface area contributed by atoms with E-state index in [-0.39, 0.29) is 5.78 Å². The molecule has 2 rings (SSSR count). The average molecular weight is 278 g/mol. The summed E-state index contributed by atoms with van der Waals surface area (Å²) < 4.78 is 7.85. The zero-order valence-electron chi connectivity index (χ0n) is 13.1. The highest BCUT2D eigenvalue weighted by molar-refractivity contribution is 5.99. The minimum Gasteiger partial charge on any atom is -0.367 e. The average Bonchev–Trinajstić information content (AvgIpc) is 2.89. The van der Waals surface area contributed by atoms with Crippen molar-refractivity contribution in [1.29, 1.82) is 0 Å². The first-order valence-corrected chi connectivity index (χ1v) is 7.64. The van der Waals surface area contributed by atoms with Crippen molar-refractivity contribution in [3.8, 4) is 0 Å². The van der Waals surface area contributed by atoms with Crippen molar-refractivity contribution in [2.45, 2.75) is 65.5 Å². The smallest absolute Gasteiger partial charge is 0.229 e. The van der Waals surface area contributed by atoms with Crippen molar-refractivity contribution < 1.29 is 9.53 Å². The van der Waals surface area contributed by atoms with Crippen LogP contribution in [0.3, 0.4) is 0 Å². The molecule has 1 aromatic heterocycles. The number of carbonyl (C=O) groups is 1. The third kappa shape index (κ3) is 2.80. The van der Waals surface area contributed by atoms with Crippen molar-refractivity contribution in [3.05, 3.63) is 18.2 Å². The summed E-state index contributed by atoms with van der Waals surface area (Å²) in [6.45, 7) is 9.84. The van der Waals surface area contributed by atoms with E-state index in [1.165, 1.54) is 0 Å². The molecule has 4 heteroatoms.